The van der Waals surface area contributed by atoms with E-state index in [9.17, 15) is 4.39 Å². The van der Waals surface area contributed by atoms with E-state index in [0.717, 1.165) is 0 Å². The summed E-state index contributed by atoms with van der Waals surface area (Å²) in [5.74, 6) is 0.0143. The second kappa shape index (κ2) is 4.55. The Morgan fingerprint density at radius 1 is 1.71 bits per heavy atom. The molecule has 5 heteroatoms. The molecule has 4 nitrogen and oxygen atoms in total. The average Bonchev–Trinajstić information content (AvgIpc) is 2.15. The Kier molecular flexibility index (Phi) is 3.39. The summed E-state index contributed by atoms with van der Waals surface area (Å²) in [6.07, 6.45) is 1.94. The average molecular weight is 196 g/mol. The van der Waals surface area contributed by atoms with Crippen LogP contribution < -0.4 is 10.6 Å². The molecule has 0 aliphatic carbocycles. The summed E-state index contributed by atoms with van der Waals surface area (Å²) in [5.41, 5.74) is 5.20. The van der Waals surface area contributed by atoms with Crippen LogP contribution in [0.1, 0.15) is 6.42 Å². The molecule has 0 atom stereocenters. The van der Waals surface area contributed by atoms with Crippen LogP contribution in [0, 0.1) is 11.2 Å². The van der Waals surface area contributed by atoms with Gasteiger partial charge in [0.25, 0.3) is 0 Å². The van der Waals surface area contributed by atoms with Gasteiger partial charge in [-0.3, -0.25) is 5.41 Å². The number of pyridine rings is 1. The molecule has 0 aliphatic heterocycles. The first kappa shape index (κ1) is 10.4. The monoisotopic (exact) mass is 196 g/mol. The minimum Gasteiger partial charge on any atom is -0.388 e. The van der Waals surface area contributed by atoms with E-state index < -0.39 is 0 Å². The number of aromatic nitrogens is 1. The molecule has 14 heavy (non-hydrogen) atoms. The quantitative estimate of drug-likeness (QED) is 0.557. The lowest BCUT2D eigenvalue weighted by atomic mass is 10.3. The van der Waals surface area contributed by atoms with Crippen molar-refractivity contribution in [1.29, 1.82) is 5.41 Å². The Morgan fingerprint density at radius 3 is 3.00 bits per heavy atom. The number of nitrogens with one attached hydrogen (secondary N) is 1. The van der Waals surface area contributed by atoms with Crippen LogP contribution in [-0.2, 0) is 0 Å². The largest absolute Gasteiger partial charge is 0.388 e. The highest BCUT2D eigenvalue weighted by Gasteiger charge is 2.07. The van der Waals surface area contributed by atoms with E-state index in [-0.39, 0.29) is 17.5 Å². The second-order valence-corrected chi connectivity index (χ2v) is 3.01. The van der Waals surface area contributed by atoms with Crippen LogP contribution in [0.15, 0.2) is 18.3 Å². The molecule has 0 spiro atoms. The van der Waals surface area contributed by atoms with Gasteiger partial charge in [-0.25, -0.2) is 9.37 Å². The molecular formula is C9H13FN4. The van der Waals surface area contributed by atoms with Gasteiger partial charge < -0.3 is 10.6 Å². The Labute approximate surface area is 82.1 Å². The van der Waals surface area contributed by atoms with Crippen molar-refractivity contribution in [3.05, 3.63) is 24.1 Å². The predicted octanol–water partition coefficient (Wildman–Crippen LogP) is 0.983. The van der Waals surface area contributed by atoms with Crippen molar-refractivity contribution in [2.24, 2.45) is 5.73 Å². The summed E-state index contributed by atoms with van der Waals surface area (Å²) in [6.45, 7) is 0.489. The highest BCUT2D eigenvalue weighted by molar-refractivity contribution is 5.77. The topological polar surface area (TPSA) is 66.0 Å². The molecule has 0 radical (unpaired) electrons. The van der Waals surface area contributed by atoms with Crippen molar-refractivity contribution < 1.29 is 4.39 Å². The fourth-order valence-corrected chi connectivity index (χ4v) is 1.05. The van der Waals surface area contributed by atoms with Crippen molar-refractivity contribution >= 4 is 11.7 Å². The van der Waals surface area contributed by atoms with E-state index in [2.05, 4.69) is 4.98 Å². The van der Waals surface area contributed by atoms with E-state index in [1.165, 1.54) is 18.3 Å². The summed E-state index contributed by atoms with van der Waals surface area (Å²) in [6, 6.07) is 2.89. The number of halogens is 1. The molecule has 1 rings (SSSR count). The first-order valence-corrected chi connectivity index (χ1v) is 4.26. The van der Waals surface area contributed by atoms with Crippen LogP contribution in [0.25, 0.3) is 0 Å². The number of hydrogen-bond donors (Lipinski definition) is 2. The molecule has 0 bridgehead atoms. The minimum atomic E-state index is -0.362. The summed E-state index contributed by atoms with van der Waals surface area (Å²) >= 11 is 0. The summed E-state index contributed by atoms with van der Waals surface area (Å²) in [7, 11) is 1.72. The van der Waals surface area contributed by atoms with Crippen molar-refractivity contribution in [2.45, 2.75) is 6.42 Å². The van der Waals surface area contributed by atoms with E-state index >= 15 is 0 Å². The number of hydrogen-bond acceptors (Lipinski definition) is 3. The van der Waals surface area contributed by atoms with E-state index in [1.807, 2.05) is 0 Å². The van der Waals surface area contributed by atoms with Gasteiger partial charge in [0, 0.05) is 26.2 Å². The Balaban J connectivity index is 2.65. The van der Waals surface area contributed by atoms with Crippen LogP contribution >= 0.6 is 0 Å². The van der Waals surface area contributed by atoms with E-state index in [4.69, 9.17) is 11.1 Å². The van der Waals surface area contributed by atoms with Gasteiger partial charge in [-0.15, -0.1) is 0 Å². The molecule has 1 aromatic rings. The Bertz CT molecular complexity index is 326. The molecule has 76 valence electrons. The van der Waals surface area contributed by atoms with E-state index in [0.29, 0.717) is 13.0 Å². The number of rotatable bonds is 4. The fraction of sp³-hybridized carbons (Fsp3) is 0.333. The zero-order valence-electron chi connectivity index (χ0n) is 8.00. The molecule has 0 saturated carbocycles. The van der Waals surface area contributed by atoms with Crippen LogP contribution in [0.2, 0.25) is 0 Å². The lowest BCUT2D eigenvalue weighted by Gasteiger charge is -2.17. The zero-order valence-corrected chi connectivity index (χ0v) is 8.00. The number of nitrogens with two attached hydrogens (primary N) is 1. The maximum atomic E-state index is 13.2. The Morgan fingerprint density at radius 2 is 2.43 bits per heavy atom. The van der Waals surface area contributed by atoms with Gasteiger partial charge in [-0.1, -0.05) is 0 Å². The van der Waals surface area contributed by atoms with Crippen molar-refractivity contribution in [3.8, 4) is 0 Å². The molecule has 0 amide bonds. The first-order valence-electron chi connectivity index (χ1n) is 4.26. The summed E-state index contributed by atoms with van der Waals surface area (Å²) in [5, 5.41) is 7.04. The third kappa shape index (κ3) is 2.69. The standard InChI is InChI=1S/C9H13FN4/c1-14(6-4-8(11)12)9-7(10)3-2-5-13-9/h2-3,5H,4,6H2,1H3,(H3,11,12). The minimum absolute atomic E-state index is 0.0909. The number of amidine groups is 1. The van der Waals surface area contributed by atoms with Gasteiger partial charge in [-0.05, 0) is 12.1 Å². The Hall–Kier alpha value is -1.65. The van der Waals surface area contributed by atoms with Gasteiger partial charge in [0.05, 0.1) is 5.84 Å². The van der Waals surface area contributed by atoms with Gasteiger partial charge in [0.15, 0.2) is 11.6 Å². The number of nitrogens with zero attached hydrogens (tertiary/aromatic N) is 2. The van der Waals surface area contributed by atoms with Crippen LogP contribution in [0.5, 0.6) is 0 Å². The van der Waals surface area contributed by atoms with Crippen molar-refractivity contribution in [3.63, 3.8) is 0 Å². The highest BCUT2D eigenvalue weighted by atomic mass is 19.1. The maximum absolute atomic E-state index is 13.2. The lowest BCUT2D eigenvalue weighted by molar-refractivity contribution is 0.615. The van der Waals surface area contributed by atoms with Gasteiger partial charge in [0.1, 0.15) is 0 Å². The normalized spacial score (nSPS) is 9.86. The smallest absolute Gasteiger partial charge is 0.165 e. The van der Waals surface area contributed by atoms with Gasteiger partial charge >= 0.3 is 0 Å². The molecule has 0 saturated heterocycles. The third-order valence-corrected chi connectivity index (χ3v) is 1.82. The maximum Gasteiger partial charge on any atom is 0.165 e. The summed E-state index contributed by atoms with van der Waals surface area (Å²) < 4.78 is 13.2. The fourth-order valence-electron chi connectivity index (χ4n) is 1.05. The molecular weight excluding hydrogens is 183 g/mol. The van der Waals surface area contributed by atoms with Crippen LogP contribution in [0.3, 0.4) is 0 Å². The number of anilines is 1. The predicted molar refractivity (Wildman–Crippen MR) is 54.0 cm³/mol. The molecule has 0 aromatic carbocycles. The molecule has 0 unspecified atom stereocenters. The van der Waals surface area contributed by atoms with Crippen LogP contribution in [-0.4, -0.2) is 24.4 Å². The molecule has 1 heterocycles. The molecule has 0 aliphatic rings. The molecule has 1 aromatic heterocycles. The van der Waals surface area contributed by atoms with Crippen LogP contribution in [0.4, 0.5) is 10.2 Å². The third-order valence-electron chi connectivity index (χ3n) is 1.82. The lowest BCUT2D eigenvalue weighted by Crippen LogP contribution is -2.25. The van der Waals surface area contributed by atoms with Crippen molar-refractivity contribution in [1.82, 2.24) is 4.98 Å². The zero-order chi connectivity index (χ0) is 10.6. The molecule has 3 N–H and O–H groups in total. The second-order valence-electron chi connectivity index (χ2n) is 3.01. The first-order chi connectivity index (χ1) is 6.61. The van der Waals surface area contributed by atoms with Gasteiger partial charge in [-0.2, -0.15) is 0 Å². The van der Waals surface area contributed by atoms with E-state index in [1.54, 1.807) is 11.9 Å². The highest BCUT2D eigenvalue weighted by Crippen LogP contribution is 2.12. The SMILES string of the molecule is CN(CCC(=N)N)c1ncccc1F. The van der Waals surface area contributed by atoms with Gasteiger partial charge in [0.2, 0.25) is 0 Å². The summed E-state index contributed by atoms with van der Waals surface area (Å²) in [4.78, 5) is 5.53. The van der Waals surface area contributed by atoms with Crippen molar-refractivity contribution in [2.75, 3.05) is 18.5 Å². The molecule has 0 fully saturated rings.